The molecule has 0 bridgehead atoms. The van der Waals surface area contributed by atoms with Gasteiger partial charge in [-0.1, -0.05) is 18.5 Å². The molecule has 2 heterocycles. The maximum atomic E-state index is 12.3. The van der Waals surface area contributed by atoms with E-state index in [1.54, 1.807) is 12.3 Å². The maximum Gasteiger partial charge on any atom is 0.313 e. The smallest absolute Gasteiger partial charge is 0.313 e. The molecule has 106 valence electrons. The molecule has 0 amide bonds. The van der Waals surface area contributed by atoms with Crippen LogP contribution in [0.15, 0.2) is 22.8 Å². The molecular weight excluding hydrogens is 278 g/mol. The summed E-state index contributed by atoms with van der Waals surface area (Å²) in [6, 6.07) is 3.62. The Kier molecular flexibility index (Phi) is 3.34. The lowest BCUT2D eigenvalue weighted by atomic mass is 9.88. The van der Waals surface area contributed by atoms with Crippen molar-refractivity contribution < 1.29 is 13.9 Å². The summed E-state index contributed by atoms with van der Waals surface area (Å²) in [4.78, 5) is 12.3. The highest BCUT2D eigenvalue weighted by atomic mass is 35.5. The van der Waals surface area contributed by atoms with E-state index in [1.165, 1.54) is 0 Å². The number of furan rings is 1. The second-order valence-electron chi connectivity index (χ2n) is 5.07. The number of rotatable bonds is 2. The van der Waals surface area contributed by atoms with Gasteiger partial charge in [-0.2, -0.15) is 0 Å². The third-order valence-corrected chi connectivity index (χ3v) is 4.08. The minimum absolute atomic E-state index is 0.0957. The molecule has 0 spiro atoms. The summed E-state index contributed by atoms with van der Waals surface area (Å²) in [6.45, 7) is 4.87. The van der Waals surface area contributed by atoms with E-state index in [0.29, 0.717) is 18.2 Å². The van der Waals surface area contributed by atoms with E-state index in [2.05, 4.69) is 5.32 Å². The van der Waals surface area contributed by atoms with Crippen LogP contribution >= 0.6 is 11.6 Å². The van der Waals surface area contributed by atoms with Gasteiger partial charge in [0.2, 0.25) is 0 Å². The molecule has 2 unspecified atom stereocenters. The summed E-state index contributed by atoms with van der Waals surface area (Å²) in [5, 5.41) is 4.85. The average molecular weight is 294 g/mol. The van der Waals surface area contributed by atoms with E-state index >= 15 is 0 Å². The number of ether oxygens (including phenoxy) is 1. The fourth-order valence-electron chi connectivity index (χ4n) is 2.81. The Labute approximate surface area is 122 Å². The van der Waals surface area contributed by atoms with Crippen LogP contribution in [0.4, 0.5) is 5.69 Å². The molecule has 0 radical (unpaired) electrons. The van der Waals surface area contributed by atoms with Gasteiger partial charge in [-0.3, -0.25) is 4.79 Å². The largest absolute Gasteiger partial charge is 0.466 e. The van der Waals surface area contributed by atoms with Crippen molar-refractivity contribution in [3.8, 4) is 0 Å². The number of carbonyl (C=O) groups is 1. The molecule has 20 heavy (non-hydrogen) atoms. The molecule has 0 aliphatic carbocycles. The van der Waals surface area contributed by atoms with Crippen LogP contribution in [0.25, 0.3) is 11.0 Å². The zero-order valence-corrected chi connectivity index (χ0v) is 12.2. The molecular formula is C15H16ClNO3. The predicted octanol–water partition coefficient (Wildman–Crippen LogP) is 3.79. The lowest BCUT2D eigenvalue weighted by molar-refractivity contribution is -0.146. The lowest BCUT2D eigenvalue weighted by Gasteiger charge is -2.19. The Balaban J connectivity index is 2.20. The van der Waals surface area contributed by atoms with Crippen LogP contribution in [0.3, 0.4) is 0 Å². The fraction of sp³-hybridized carbons (Fsp3) is 0.400. The van der Waals surface area contributed by atoms with Crippen LogP contribution in [0.1, 0.15) is 25.3 Å². The molecule has 1 aliphatic rings. The van der Waals surface area contributed by atoms with Gasteiger partial charge in [-0.15, -0.1) is 0 Å². The van der Waals surface area contributed by atoms with Gasteiger partial charge in [0.05, 0.1) is 29.5 Å². The average Bonchev–Trinajstić information content (AvgIpc) is 2.75. The van der Waals surface area contributed by atoms with Gasteiger partial charge in [0.25, 0.3) is 0 Å². The highest BCUT2D eigenvalue weighted by Gasteiger charge is 2.34. The van der Waals surface area contributed by atoms with Crippen molar-refractivity contribution in [3.63, 3.8) is 0 Å². The minimum Gasteiger partial charge on any atom is -0.466 e. The Morgan fingerprint density at radius 2 is 2.35 bits per heavy atom. The molecule has 1 aliphatic heterocycles. The van der Waals surface area contributed by atoms with E-state index in [4.69, 9.17) is 20.8 Å². The van der Waals surface area contributed by atoms with Gasteiger partial charge in [-0.05, 0) is 25.0 Å². The van der Waals surface area contributed by atoms with Crippen molar-refractivity contribution in [2.75, 3.05) is 18.5 Å². The first-order chi connectivity index (χ1) is 9.63. The first-order valence-electron chi connectivity index (χ1n) is 6.73. The Morgan fingerprint density at radius 1 is 1.55 bits per heavy atom. The molecule has 0 saturated carbocycles. The van der Waals surface area contributed by atoms with Crippen molar-refractivity contribution in [2.24, 2.45) is 5.92 Å². The summed E-state index contributed by atoms with van der Waals surface area (Å²) >= 11 is 6.25. The predicted molar refractivity (Wildman–Crippen MR) is 78.3 cm³/mol. The van der Waals surface area contributed by atoms with Gasteiger partial charge in [0.1, 0.15) is 5.58 Å². The Morgan fingerprint density at radius 3 is 3.10 bits per heavy atom. The number of carbonyl (C=O) groups excluding carboxylic acids is 1. The molecule has 0 saturated heterocycles. The second kappa shape index (κ2) is 5.02. The molecule has 2 atom stereocenters. The number of hydrogen-bond donors (Lipinski definition) is 1. The van der Waals surface area contributed by atoms with Crippen molar-refractivity contribution in [2.45, 2.75) is 19.8 Å². The van der Waals surface area contributed by atoms with E-state index in [1.807, 2.05) is 19.9 Å². The highest BCUT2D eigenvalue weighted by molar-refractivity contribution is 6.35. The molecule has 1 aromatic carbocycles. The van der Waals surface area contributed by atoms with Crippen molar-refractivity contribution >= 4 is 34.2 Å². The van der Waals surface area contributed by atoms with Crippen LogP contribution in [0, 0.1) is 5.92 Å². The van der Waals surface area contributed by atoms with Crippen molar-refractivity contribution in [3.05, 3.63) is 29.0 Å². The zero-order valence-electron chi connectivity index (χ0n) is 11.4. The molecule has 4 nitrogen and oxygen atoms in total. The monoisotopic (exact) mass is 293 g/mol. The normalized spacial score (nSPS) is 21.4. The third kappa shape index (κ3) is 1.95. The topological polar surface area (TPSA) is 51.5 Å². The van der Waals surface area contributed by atoms with Gasteiger partial charge >= 0.3 is 5.97 Å². The number of esters is 1. The summed E-state index contributed by atoms with van der Waals surface area (Å²) in [5.41, 5.74) is 2.43. The maximum absolute atomic E-state index is 12.3. The second-order valence-corrected chi connectivity index (χ2v) is 5.48. The molecule has 2 aromatic rings. The SMILES string of the molecule is CCOC(=O)C1c2coc3ccc(Cl)c(c23)NCC1C. The highest BCUT2D eigenvalue weighted by Crippen LogP contribution is 2.42. The number of benzene rings is 1. The first-order valence-corrected chi connectivity index (χ1v) is 7.11. The number of hydrogen-bond acceptors (Lipinski definition) is 4. The molecule has 5 heteroatoms. The number of anilines is 1. The van der Waals surface area contributed by atoms with E-state index in [0.717, 1.165) is 22.2 Å². The standard InChI is InChI=1S/C15H16ClNO3/c1-3-19-15(18)12-8(2)6-17-14-10(16)4-5-11-13(14)9(12)7-20-11/h4-5,7-8,12,17H,3,6H2,1-2H3. The molecule has 1 aromatic heterocycles. The van der Waals surface area contributed by atoms with Crippen molar-refractivity contribution in [1.82, 2.24) is 0 Å². The summed E-state index contributed by atoms with van der Waals surface area (Å²) < 4.78 is 10.8. The zero-order chi connectivity index (χ0) is 14.3. The van der Waals surface area contributed by atoms with Crippen LogP contribution in [0.2, 0.25) is 5.02 Å². The summed E-state index contributed by atoms with van der Waals surface area (Å²) in [5.74, 6) is -0.445. The van der Waals surface area contributed by atoms with Crippen molar-refractivity contribution in [1.29, 1.82) is 0 Å². The quantitative estimate of drug-likeness (QED) is 0.856. The molecule has 0 fully saturated rings. The van der Waals surface area contributed by atoms with Gasteiger partial charge in [-0.25, -0.2) is 0 Å². The number of nitrogens with one attached hydrogen (secondary N) is 1. The van der Waals surface area contributed by atoms with Crippen LogP contribution in [-0.2, 0) is 9.53 Å². The van der Waals surface area contributed by atoms with E-state index < -0.39 is 0 Å². The lowest BCUT2D eigenvalue weighted by Crippen LogP contribution is -2.25. The van der Waals surface area contributed by atoms with Crippen LogP contribution in [0.5, 0.6) is 0 Å². The van der Waals surface area contributed by atoms with E-state index in [9.17, 15) is 4.79 Å². The third-order valence-electron chi connectivity index (χ3n) is 3.76. The number of halogens is 1. The van der Waals surface area contributed by atoms with Crippen LogP contribution in [-0.4, -0.2) is 19.1 Å². The van der Waals surface area contributed by atoms with E-state index in [-0.39, 0.29) is 17.8 Å². The van der Waals surface area contributed by atoms with Gasteiger partial charge in [0.15, 0.2) is 0 Å². The van der Waals surface area contributed by atoms with Crippen LogP contribution < -0.4 is 5.32 Å². The first kappa shape index (κ1) is 13.3. The minimum atomic E-state index is -0.330. The van der Waals surface area contributed by atoms with Gasteiger partial charge in [0, 0.05) is 17.5 Å². The summed E-state index contributed by atoms with van der Waals surface area (Å²) in [7, 11) is 0. The molecule has 3 rings (SSSR count). The summed E-state index contributed by atoms with van der Waals surface area (Å²) in [6.07, 6.45) is 1.65. The fourth-order valence-corrected chi connectivity index (χ4v) is 3.03. The van der Waals surface area contributed by atoms with Gasteiger partial charge < -0.3 is 14.5 Å². The Hall–Kier alpha value is -1.68. The Bertz CT molecular complexity index is 664. The molecule has 1 N–H and O–H groups in total.